The van der Waals surface area contributed by atoms with Gasteiger partial charge in [0.25, 0.3) is 0 Å². The molecule has 0 spiro atoms. The number of carbonyl (C=O) groups excluding carboxylic acids is 1. The van der Waals surface area contributed by atoms with Crippen molar-refractivity contribution in [2.24, 2.45) is 17.8 Å². The van der Waals surface area contributed by atoms with Crippen LogP contribution in [0.15, 0.2) is 12.2 Å². The number of allylic oxidation sites excluding steroid dienone is 2. The molecule has 2 nitrogen and oxygen atoms in total. The molecule has 2 bridgehead atoms. The summed E-state index contributed by atoms with van der Waals surface area (Å²) in [7, 11) is 0. The van der Waals surface area contributed by atoms with E-state index in [0.29, 0.717) is 11.8 Å². The molecule has 0 N–H and O–H groups in total. The van der Waals surface area contributed by atoms with Gasteiger partial charge >= 0.3 is 5.97 Å². The lowest BCUT2D eigenvalue weighted by Gasteiger charge is -2.22. The number of unbranched alkanes of at least 4 members (excludes halogenated alkanes) is 4. The molecule has 4 atom stereocenters. The zero-order valence-corrected chi connectivity index (χ0v) is 13.1. The average molecular weight is 278 g/mol. The second-order valence-corrected chi connectivity index (χ2v) is 6.56. The highest BCUT2D eigenvalue weighted by molar-refractivity contribution is 5.74. The highest BCUT2D eigenvalue weighted by atomic mass is 16.5. The van der Waals surface area contributed by atoms with E-state index in [1.165, 1.54) is 38.5 Å². The van der Waals surface area contributed by atoms with Crippen molar-refractivity contribution >= 4 is 5.97 Å². The van der Waals surface area contributed by atoms with Crippen molar-refractivity contribution in [3.63, 3.8) is 0 Å². The first-order chi connectivity index (χ1) is 9.74. The SMILES string of the molecule is CCCCCCCC(CC)OC(=O)C1CC2C=CC1C2. The standard InChI is InChI=1S/C18H30O2/c1-3-5-6-7-8-9-16(4-2)20-18(19)17-13-14-10-11-15(17)12-14/h10-11,14-17H,3-9,12-13H2,1-2H3. The lowest BCUT2D eigenvalue weighted by molar-refractivity contribution is -0.155. The van der Waals surface area contributed by atoms with Gasteiger partial charge in [0.15, 0.2) is 0 Å². The van der Waals surface area contributed by atoms with Gasteiger partial charge in [0.2, 0.25) is 0 Å². The maximum atomic E-state index is 12.3. The van der Waals surface area contributed by atoms with Crippen molar-refractivity contribution in [2.45, 2.75) is 77.7 Å². The van der Waals surface area contributed by atoms with Crippen LogP contribution in [0.1, 0.15) is 71.6 Å². The van der Waals surface area contributed by atoms with Gasteiger partial charge in [-0.3, -0.25) is 4.79 Å². The molecule has 2 rings (SSSR count). The summed E-state index contributed by atoms with van der Waals surface area (Å²) in [4.78, 5) is 12.3. The number of fused-ring (bicyclic) bond motifs is 2. The molecule has 1 saturated carbocycles. The molecule has 0 radical (unpaired) electrons. The quantitative estimate of drug-likeness (QED) is 0.341. The van der Waals surface area contributed by atoms with Gasteiger partial charge in [-0.05, 0) is 43.9 Å². The maximum Gasteiger partial charge on any atom is 0.309 e. The Morgan fingerprint density at radius 3 is 2.55 bits per heavy atom. The van der Waals surface area contributed by atoms with Crippen LogP contribution in [-0.2, 0) is 9.53 Å². The fourth-order valence-corrected chi connectivity index (χ4v) is 3.63. The van der Waals surface area contributed by atoms with Crippen LogP contribution in [0.25, 0.3) is 0 Å². The zero-order valence-electron chi connectivity index (χ0n) is 13.1. The first-order valence-electron chi connectivity index (χ1n) is 8.63. The molecule has 4 unspecified atom stereocenters. The summed E-state index contributed by atoms with van der Waals surface area (Å²) in [5.41, 5.74) is 0. The van der Waals surface area contributed by atoms with Crippen molar-refractivity contribution in [2.75, 3.05) is 0 Å². The number of ether oxygens (including phenoxy) is 1. The Hall–Kier alpha value is -0.790. The van der Waals surface area contributed by atoms with Crippen molar-refractivity contribution < 1.29 is 9.53 Å². The zero-order chi connectivity index (χ0) is 14.4. The van der Waals surface area contributed by atoms with Gasteiger partial charge in [-0.2, -0.15) is 0 Å². The third kappa shape index (κ3) is 4.10. The molecule has 2 heteroatoms. The maximum absolute atomic E-state index is 12.3. The predicted molar refractivity (Wildman–Crippen MR) is 82.4 cm³/mol. The fourth-order valence-electron chi connectivity index (χ4n) is 3.63. The number of carbonyl (C=O) groups is 1. The molecule has 0 aliphatic heterocycles. The molecule has 2 aliphatic rings. The van der Waals surface area contributed by atoms with Crippen LogP contribution in [0, 0.1) is 17.8 Å². The summed E-state index contributed by atoms with van der Waals surface area (Å²) in [5, 5.41) is 0. The van der Waals surface area contributed by atoms with Crippen LogP contribution < -0.4 is 0 Å². The highest BCUT2D eigenvalue weighted by Gasteiger charge is 2.41. The van der Waals surface area contributed by atoms with E-state index in [4.69, 9.17) is 4.74 Å². The summed E-state index contributed by atoms with van der Waals surface area (Å²) in [5.74, 6) is 1.34. The predicted octanol–water partition coefficient (Wildman–Crippen LogP) is 4.88. The molecule has 0 aromatic carbocycles. The Bertz CT molecular complexity index is 334. The minimum atomic E-state index is 0.0715. The van der Waals surface area contributed by atoms with Crippen molar-refractivity contribution in [1.29, 1.82) is 0 Å². The van der Waals surface area contributed by atoms with E-state index in [2.05, 4.69) is 26.0 Å². The van der Waals surface area contributed by atoms with Crippen LogP contribution in [-0.4, -0.2) is 12.1 Å². The van der Waals surface area contributed by atoms with Crippen LogP contribution in [0.2, 0.25) is 0 Å². The van der Waals surface area contributed by atoms with Crippen LogP contribution in [0.4, 0.5) is 0 Å². The van der Waals surface area contributed by atoms with Crippen LogP contribution in [0.5, 0.6) is 0 Å². The smallest absolute Gasteiger partial charge is 0.309 e. The highest BCUT2D eigenvalue weighted by Crippen LogP contribution is 2.44. The summed E-state index contributed by atoms with van der Waals surface area (Å²) in [6.07, 6.45) is 15.2. The number of rotatable bonds is 9. The topological polar surface area (TPSA) is 26.3 Å². The van der Waals surface area contributed by atoms with Gasteiger partial charge in [0.1, 0.15) is 6.10 Å². The molecular weight excluding hydrogens is 248 g/mol. The van der Waals surface area contributed by atoms with Crippen molar-refractivity contribution in [3.8, 4) is 0 Å². The van der Waals surface area contributed by atoms with Gasteiger partial charge in [0, 0.05) is 0 Å². The Labute approximate surface area is 124 Å². The van der Waals surface area contributed by atoms with E-state index in [9.17, 15) is 4.79 Å². The average Bonchev–Trinajstić information content (AvgIpc) is 3.08. The molecule has 0 aromatic heterocycles. The lowest BCUT2D eigenvalue weighted by Crippen LogP contribution is -2.26. The van der Waals surface area contributed by atoms with Gasteiger partial charge in [0.05, 0.1) is 5.92 Å². The van der Waals surface area contributed by atoms with Crippen LogP contribution in [0.3, 0.4) is 0 Å². The third-order valence-electron chi connectivity index (χ3n) is 4.95. The van der Waals surface area contributed by atoms with E-state index in [1.54, 1.807) is 0 Å². The van der Waals surface area contributed by atoms with Crippen LogP contribution >= 0.6 is 0 Å². The minimum Gasteiger partial charge on any atom is -0.462 e. The second-order valence-electron chi connectivity index (χ2n) is 6.56. The number of hydrogen-bond donors (Lipinski definition) is 0. The Morgan fingerprint density at radius 1 is 1.15 bits per heavy atom. The van der Waals surface area contributed by atoms with Gasteiger partial charge in [-0.25, -0.2) is 0 Å². The Morgan fingerprint density at radius 2 is 1.95 bits per heavy atom. The molecule has 114 valence electrons. The molecule has 1 fully saturated rings. The van der Waals surface area contributed by atoms with E-state index < -0.39 is 0 Å². The summed E-state index contributed by atoms with van der Waals surface area (Å²) >= 11 is 0. The fraction of sp³-hybridized carbons (Fsp3) is 0.833. The first-order valence-corrected chi connectivity index (χ1v) is 8.63. The van der Waals surface area contributed by atoms with Gasteiger partial charge < -0.3 is 4.74 Å². The molecule has 0 saturated heterocycles. The normalized spacial score (nSPS) is 28.8. The Kier molecular flexibility index (Phi) is 6.12. The monoisotopic (exact) mass is 278 g/mol. The van der Waals surface area contributed by atoms with Gasteiger partial charge in [-0.15, -0.1) is 0 Å². The molecule has 2 aliphatic carbocycles. The number of esters is 1. The van der Waals surface area contributed by atoms with E-state index in [1.807, 2.05) is 0 Å². The third-order valence-corrected chi connectivity index (χ3v) is 4.95. The van der Waals surface area contributed by atoms with E-state index >= 15 is 0 Å². The van der Waals surface area contributed by atoms with E-state index in [-0.39, 0.29) is 18.0 Å². The summed E-state index contributed by atoms with van der Waals surface area (Å²) < 4.78 is 5.77. The van der Waals surface area contributed by atoms with Crippen molar-refractivity contribution in [1.82, 2.24) is 0 Å². The van der Waals surface area contributed by atoms with Crippen molar-refractivity contribution in [3.05, 3.63) is 12.2 Å². The molecule has 0 aromatic rings. The molecule has 20 heavy (non-hydrogen) atoms. The lowest BCUT2D eigenvalue weighted by atomic mass is 9.94. The van der Waals surface area contributed by atoms with E-state index in [0.717, 1.165) is 19.3 Å². The van der Waals surface area contributed by atoms with Gasteiger partial charge in [-0.1, -0.05) is 51.7 Å². The molecule has 0 amide bonds. The summed E-state index contributed by atoms with van der Waals surface area (Å²) in [6.45, 7) is 4.37. The first kappa shape index (κ1) is 15.6. The molecule has 0 heterocycles. The second kappa shape index (κ2) is 7.85. The summed E-state index contributed by atoms with van der Waals surface area (Å²) in [6, 6.07) is 0. The minimum absolute atomic E-state index is 0.0715. The largest absolute Gasteiger partial charge is 0.462 e. The number of hydrogen-bond acceptors (Lipinski definition) is 2. The Balaban J connectivity index is 1.67. The molecular formula is C18H30O2.